The molecule has 0 atom stereocenters. The third kappa shape index (κ3) is 3.67. The van der Waals surface area contributed by atoms with Crippen LogP contribution in [-0.4, -0.2) is 30.7 Å². The summed E-state index contributed by atoms with van der Waals surface area (Å²) in [5.41, 5.74) is -0.677. The van der Waals surface area contributed by atoms with Gasteiger partial charge in [-0.05, 0) is 56.8 Å². The molecule has 0 radical (unpaired) electrons. The highest BCUT2D eigenvalue weighted by molar-refractivity contribution is 5.42. The smallest absolute Gasteiger partial charge is 0.353 e. The number of alkyl halides is 3. The number of halogens is 3. The maximum atomic E-state index is 12.6. The number of hydrogen-bond acceptors (Lipinski definition) is 3. The third-order valence-electron chi connectivity index (χ3n) is 4.27. The molecule has 1 saturated carbocycles. The molecule has 1 aromatic heterocycles. The summed E-state index contributed by atoms with van der Waals surface area (Å²) in [5.74, 6) is 1.29. The van der Waals surface area contributed by atoms with Crippen molar-refractivity contribution in [3.05, 3.63) is 23.9 Å². The van der Waals surface area contributed by atoms with Crippen LogP contribution in [-0.2, 0) is 6.18 Å². The van der Waals surface area contributed by atoms with Crippen molar-refractivity contribution in [3.8, 4) is 0 Å². The molecule has 2 fully saturated rings. The Kier molecular flexibility index (Phi) is 4.06. The summed E-state index contributed by atoms with van der Waals surface area (Å²) < 4.78 is 37.8. The highest BCUT2D eigenvalue weighted by Crippen LogP contribution is 2.34. The van der Waals surface area contributed by atoms with E-state index in [1.165, 1.54) is 6.07 Å². The van der Waals surface area contributed by atoms with Gasteiger partial charge in [0.1, 0.15) is 5.82 Å². The monoisotopic (exact) mass is 299 g/mol. The van der Waals surface area contributed by atoms with Crippen molar-refractivity contribution in [2.45, 2.75) is 37.9 Å². The SMILES string of the molecule is FC(F)(F)c1ccc(N(CC2CCNCC2)C2CC2)nc1. The van der Waals surface area contributed by atoms with E-state index in [0.29, 0.717) is 17.8 Å². The molecule has 0 bridgehead atoms. The lowest BCUT2D eigenvalue weighted by molar-refractivity contribution is -0.137. The van der Waals surface area contributed by atoms with Gasteiger partial charge in [0, 0.05) is 18.8 Å². The molecule has 0 amide bonds. The summed E-state index contributed by atoms with van der Waals surface area (Å²) in [5, 5.41) is 3.34. The van der Waals surface area contributed by atoms with E-state index in [0.717, 1.165) is 57.6 Å². The molecule has 0 spiro atoms. The molecule has 1 aliphatic carbocycles. The van der Waals surface area contributed by atoms with Crippen molar-refractivity contribution in [1.29, 1.82) is 0 Å². The van der Waals surface area contributed by atoms with Crippen molar-refractivity contribution < 1.29 is 13.2 Å². The normalized spacial score (nSPS) is 20.5. The quantitative estimate of drug-likeness (QED) is 0.926. The van der Waals surface area contributed by atoms with Crippen molar-refractivity contribution in [3.63, 3.8) is 0 Å². The summed E-state index contributed by atoms with van der Waals surface area (Å²) in [6.45, 7) is 2.97. The lowest BCUT2D eigenvalue weighted by Gasteiger charge is -2.31. The molecule has 1 aliphatic heterocycles. The van der Waals surface area contributed by atoms with Crippen molar-refractivity contribution >= 4 is 5.82 Å². The predicted octanol–water partition coefficient (Wildman–Crippen LogP) is 3.07. The van der Waals surface area contributed by atoms with Crippen LogP contribution >= 0.6 is 0 Å². The Morgan fingerprint density at radius 3 is 2.38 bits per heavy atom. The van der Waals surface area contributed by atoms with Crippen molar-refractivity contribution in [1.82, 2.24) is 10.3 Å². The number of pyridine rings is 1. The first-order chi connectivity index (χ1) is 10.0. The number of rotatable bonds is 4. The number of hydrogen-bond donors (Lipinski definition) is 1. The van der Waals surface area contributed by atoms with Crippen LogP contribution in [0.15, 0.2) is 18.3 Å². The van der Waals surface area contributed by atoms with E-state index < -0.39 is 11.7 Å². The van der Waals surface area contributed by atoms with Crippen LogP contribution in [0.25, 0.3) is 0 Å². The minimum absolute atomic E-state index is 0.462. The highest BCUT2D eigenvalue weighted by Gasteiger charge is 2.34. The van der Waals surface area contributed by atoms with Gasteiger partial charge in [-0.2, -0.15) is 13.2 Å². The summed E-state index contributed by atoms with van der Waals surface area (Å²) in [6, 6.07) is 3.12. The first-order valence-electron chi connectivity index (χ1n) is 7.54. The molecule has 1 N–H and O–H groups in total. The summed E-state index contributed by atoms with van der Waals surface area (Å²) in [4.78, 5) is 6.27. The Morgan fingerprint density at radius 2 is 1.86 bits per heavy atom. The molecule has 116 valence electrons. The van der Waals surface area contributed by atoms with Gasteiger partial charge in [0.25, 0.3) is 0 Å². The highest BCUT2D eigenvalue weighted by atomic mass is 19.4. The Balaban J connectivity index is 1.71. The van der Waals surface area contributed by atoms with E-state index >= 15 is 0 Å². The first-order valence-corrected chi connectivity index (χ1v) is 7.54. The fraction of sp³-hybridized carbons (Fsp3) is 0.667. The largest absolute Gasteiger partial charge is 0.417 e. The number of piperidine rings is 1. The van der Waals surface area contributed by atoms with Gasteiger partial charge in [-0.25, -0.2) is 4.98 Å². The zero-order valence-corrected chi connectivity index (χ0v) is 11.9. The molecule has 6 heteroatoms. The van der Waals surface area contributed by atoms with Crippen LogP contribution < -0.4 is 10.2 Å². The second-order valence-corrected chi connectivity index (χ2v) is 5.98. The van der Waals surface area contributed by atoms with Crippen LogP contribution in [0.3, 0.4) is 0 Å². The fourth-order valence-corrected chi connectivity index (χ4v) is 2.88. The molecule has 2 aliphatic rings. The average Bonchev–Trinajstić information content (AvgIpc) is 3.30. The molecule has 1 saturated heterocycles. The zero-order chi connectivity index (χ0) is 14.9. The van der Waals surface area contributed by atoms with Gasteiger partial charge >= 0.3 is 6.18 Å². The Labute approximate surface area is 122 Å². The van der Waals surface area contributed by atoms with E-state index in [1.54, 1.807) is 0 Å². The molecule has 1 aromatic rings. The van der Waals surface area contributed by atoms with E-state index in [4.69, 9.17) is 0 Å². The standard InChI is InChI=1S/C15H20F3N3/c16-15(17,18)12-1-4-14(20-9-12)21(13-2-3-13)10-11-5-7-19-8-6-11/h1,4,9,11,13,19H,2-3,5-8,10H2. The number of nitrogens with one attached hydrogen (secondary N) is 1. The molecular weight excluding hydrogens is 279 g/mol. The van der Waals surface area contributed by atoms with Gasteiger partial charge in [0.05, 0.1) is 5.56 Å². The average molecular weight is 299 g/mol. The molecular formula is C15H20F3N3. The van der Waals surface area contributed by atoms with Gasteiger partial charge in [-0.3, -0.25) is 0 Å². The third-order valence-corrected chi connectivity index (χ3v) is 4.27. The maximum absolute atomic E-state index is 12.6. The Bertz CT molecular complexity index is 462. The second-order valence-electron chi connectivity index (χ2n) is 5.98. The second kappa shape index (κ2) is 5.83. The first kappa shape index (κ1) is 14.6. The minimum Gasteiger partial charge on any atom is -0.353 e. The van der Waals surface area contributed by atoms with Gasteiger partial charge < -0.3 is 10.2 Å². The van der Waals surface area contributed by atoms with Gasteiger partial charge in [0.2, 0.25) is 0 Å². The van der Waals surface area contributed by atoms with E-state index in [9.17, 15) is 13.2 Å². The number of aromatic nitrogens is 1. The van der Waals surface area contributed by atoms with Crippen LogP contribution in [0.5, 0.6) is 0 Å². The topological polar surface area (TPSA) is 28.2 Å². The number of nitrogens with zero attached hydrogens (tertiary/aromatic N) is 2. The summed E-state index contributed by atoms with van der Waals surface area (Å²) in [7, 11) is 0. The van der Waals surface area contributed by atoms with E-state index in [-0.39, 0.29) is 0 Å². The van der Waals surface area contributed by atoms with Crippen LogP contribution in [0.2, 0.25) is 0 Å². The van der Waals surface area contributed by atoms with E-state index in [2.05, 4.69) is 15.2 Å². The van der Waals surface area contributed by atoms with Crippen molar-refractivity contribution in [2.75, 3.05) is 24.5 Å². The van der Waals surface area contributed by atoms with Crippen LogP contribution in [0, 0.1) is 5.92 Å². The Morgan fingerprint density at radius 1 is 1.14 bits per heavy atom. The molecule has 3 nitrogen and oxygen atoms in total. The van der Waals surface area contributed by atoms with Gasteiger partial charge in [0.15, 0.2) is 0 Å². The number of anilines is 1. The lowest BCUT2D eigenvalue weighted by Crippen LogP contribution is -2.37. The molecule has 2 heterocycles. The zero-order valence-electron chi connectivity index (χ0n) is 11.9. The molecule has 0 unspecified atom stereocenters. The van der Waals surface area contributed by atoms with E-state index in [1.807, 2.05) is 0 Å². The lowest BCUT2D eigenvalue weighted by atomic mass is 9.97. The maximum Gasteiger partial charge on any atom is 0.417 e. The predicted molar refractivity (Wildman–Crippen MR) is 75.2 cm³/mol. The Hall–Kier alpha value is -1.30. The molecule has 21 heavy (non-hydrogen) atoms. The van der Waals surface area contributed by atoms with Crippen molar-refractivity contribution in [2.24, 2.45) is 5.92 Å². The van der Waals surface area contributed by atoms with Gasteiger partial charge in [-0.1, -0.05) is 0 Å². The summed E-state index contributed by atoms with van der Waals surface area (Å²) in [6.07, 6.45) is 1.13. The summed E-state index contributed by atoms with van der Waals surface area (Å²) >= 11 is 0. The van der Waals surface area contributed by atoms with Crippen LogP contribution in [0.1, 0.15) is 31.2 Å². The fourth-order valence-electron chi connectivity index (χ4n) is 2.88. The minimum atomic E-state index is -4.31. The molecule has 0 aromatic carbocycles. The van der Waals surface area contributed by atoms with Gasteiger partial charge in [-0.15, -0.1) is 0 Å². The van der Waals surface area contributed by atoms with Crippen LogP contribution in [0.4, 0.5) is 19.0 Å². The molecule has 3 rings (SSSR count).